The van der Waals surface area contributed by atoms with Crippen molar-refractivity contribution in [2.24, 2.45) is 0 Å². The number of hydrogen-bond donors (Lipinski definition) is 1. The highest BCUT2D eigenvalue weighted by Crippen LogP contribution is 2.49. The summed E-state index contributed by atoms with van der Waals surface area (Å²) in [6.45, 7) is 0. The van der Waals surface area contributed by atoms with Crippen LogP contribution in [-0.4, -0.2) is 23.9 Å². The molecule has 0 bridgehead atoms. The van der Waals surface area contributed by atoms with Crippen LogP contribution in [0, 0.1) is 0 Å². The van der Waals surface area contributed by atoms with Crippen molar-refractivity contribution in [3.8, 4) is 0 Å². The minimum absolute atomic E-state index is 0.334. The van der Waals surface area contributed by atoms with Gasteiger partial charge in [0.1, 0.15) is 0 Å². The third-order valence-electron chi connectivity index (χ3n) is 0.406. The molecule has 0 aliphatic heterocycles. The van der Waals surface area contributed by atoms with E-state index < -0.39 is 0 Å². The Morgan fingerprint density at radius 1 is 1.43 bits per heavy atom. The molecule has 0 fully saturated rings. The molecule has 7 heavy (non-hydrogen) atoms. The summed E-state index contributed by atoms with van der Waals surface area (Å²) in [5.74, 6) is 0. The molecular weight excluding hydrogens is 144 g/mol. The Morgan fingerprint density at radius 2 is 1.86 bits per heavy atom. The monoisotopic (exact) mass is 156 g/mol. The predicted octanol–water partition coefficient (Wildman–Crippen LogP) is 2.22. The van der Waals surface area contributed by atoms with Crippen molar-refractivity contribution in [1.82, 2.24) is 0 Å². The van der Waals surface area contributed by atoms with Gasteiger partial charge in [-0.15, -0.1) is 10.8 Å². The van der Waals surface area contributed by atoms with Crippen molar-refractivity contribution in [2.75, 3.05) is 23.9 Å². The molecule has 0 aliphatic rings. The van der Waals surface area contributed by atoms with Crippen molar-refractivity contribution in [3.63, 3.8) is 0 Å². The van der Waals surface area contributed by atoms with E-state index in [4.69, 9.17) is 0 Å². The molecule has 0 aromatic rings. The van der Waals surface area contributed by atoms with Gasteiger partial charge in [0, 0.05) is 5.08 Å². The van der Waals surface area contributed by atoms with Crippen LogP contribution in [0.1, 0.15) is 0 Å². The molecule has 0 unspecified atom stereocenters. The second-order valence-electron chi connectivity index (χ2n) is 1.97. The zero-order chi connectivity index (χ0) is 5.91. The molecule has 0 saturated heterocycles. The minimum Gasteiger partial charge on any atom is -0.201 e. The van der Waals surface area contributed by atoms with Gasteiger partial charge < -0.3 is 0 Å². The summed E-state index contributed by atoms with van der Waals surface area (Å²) in [5, 5.41) is 0.957. The summed E-state index contributed by atoms with van der Waals surface area (Å²) in [5.41, 5.74) is 0. The number of thiol groups is 1. The third kappa shape index (κ3) is 7.05. The van der Waals surface area contributed by atoms with Gasteiger partial charge in [0.15, 0.2) is 0 Å². The van der Waals surface area contributed by atoms with Crippen molar-refractivity contribution < 1.29 is 0 Å². The lowest BCUT2D eigenvalue weighted by Crippen LogP contribution is -1.82. The van der Waals surface area contributed by atoms with Crippen molar-refractivity contribution in [3.05, 3.63) is 0 Å². The van der Waals surface area contributed by atoms with Gasteiger partial charge in [0.05, 0.1) is 0 Å². The molecule has 0 aromatic heterocycles. The van der Waals surface area contributed by atoms with E-state index in [9.17, 15) is 0 Å². The molecule has 46 valence electrons. The zero-order valence-corrected chi connectivity index (χ0v) is 7.50. The maximum atomic E-state index is 4.10. The SMILES string of the molecule is CS(C)(C)SCS. The molecule has 0 N–H and O–H groups in total. The molecular formula is C4H12S3. The van der Waals surface area contributed by atoms with Crippen LogP contribution in [0.2, 0.25) is 0 Å². The molecule has 0 aliphatic carbocycles. The van der Waals surface area contributed by atoms with E-state index in [-0.39, 0.29) is 9.06 Å². The van der Waals surface area contributed by atoms with Crippen LogP contribution in [0.15, 0.2) is 0 Å². The van der Waals surface area contributed by atoms with Crippen molar-refractivity contribution in [2.45, 2.75) is 0 Å². The summed E-state index contributed by atoms with van der Waals surface area (Å²) in [4.78, 5) is 0. The first-order valence-corrected chi connectivity index (χ1v) is 6.99. The molecule has 0 spiro atoms. The van der Waals surface area contributed by atoms with E-state index in [1.54, 1.807) is 0 Å². The zero-order valence-electron chi connectivity index (χ0n) is 4.97. The molecule has 0 aromatic carbocycles. The highest BCUT2D eigenvalue weighted by atomic mass is 33.2. The summed E-state index contributed by atoms with van der Waals surface area (Å²) < 4.78 is 0. The van der Waals surface area contributed by atoms with Crippen LogP contribution >= 0.6 is 32.5 Å². The number of rotatable bonds is 2. The second-order valence-corrected chi connectivity index (χ2v) is 10.4. The van der Waals surface area contributed by atoms with Gasteiger partial charge in [0.2, 0.25) is 0 Å². The molecule has 3 heteroatoms. The second kappa shape index (κ2) is 3.15. The smallest absolute Gasteiger partial charge is 0.0450 e. The lowest BCUT2D eigenvalue weighted by atomic mass is 11.9. The first kappa shape index (κ1) is 8.05. The fourth-order valence-corrected chi connectivity index (χ4v) is 4.27. The van der Waals surface area contributed by atoms with Gasteiger partial charge >= 0.3 is 0 Å². The molecule has 0 atom stereocenters. The molecule has 0 heterocycles. The minimum atomic E-state index is -0.334. The number of hydrogen-bond acceptors (Lipinski definition) is 2. The van der Waals surface area contributed by atoms with Crippen LogP contribution in [-0.2, 0) is 0 Å². The van der Waals surface area contributed by atoms with Gasteiger partial charge in [0.25, 0.3) is 0 Å². The standard InChI is InChI=1S/C4H12S3/c1-7(2,3)6-4-5/h5H,4H2,1-3H3. The summed E-state index contributed by atoms with van der Waals surface area (Å²) in [6.07, 6.45) is 6.82. The predicted molar refractivity (Wildman–Crippen MR) is 46.8 cm³/mol. The van der Waals surface area contributed by atoms with E-state index in [0.717, 1.165) is 5.08 Å². The van der Waals surface area contributed by atoms with E-state index in [1.807, 2.05) is 10.8 Å². The Bertz CT molecular complexity index is 45.4. The molecule has 0 radical (unpaired) electrons. The normalized spacial score (nSPS) is 14.3. The Hall–Kier alpha value is 1.05. The molecule has 0 saturated carbocycles. The lowest BCUT2D eigenvalue weighted by molar-refractivity contribution is 2.17. The fraction of sp³-hybridized carbons (Fsp3) is 1.00. The van der Waals surface area contributed by atoms with Gasteiger partial charge in [-0.2, -0.15) is 12.6 Å². The maximum Gasteiger partial charge on any atom is 0.0450 e. The van der Waals surface area contributed by atoms with Gasteiger partial charge in [-0.3, -0.25) is 0 Å². The van der Waals surface area contributed by atoms with Crippen LogP contribution < -0.4 is 0 Å². The lowest BCUT2D eigenvalue weighted by Gasteiger charge is -2.21. The van der Waals surface area contributed by atoms with Crippen LogP contribution in [0.25, 0.3) is 0 Å². The Balaban J connectivity index is 3.15. The van der Waals surface area contributed by atoms with Gasteiger partial charge in [-0.05, 0) is 18.8 Å². The van der Waals surface area contributed by atoms with Gasteiger partial charge in [-0.25, -0.2) is 9.06 Å². The largest absolute Gasteiger partial charge is 0.201 e. The van der Waals surface area contributed by atoms with Crippen LogP contribution in [0.5, 0.6) is 0 Å². The third-order valence-corrected chi connectivity index (χ3v) is 4.61. The first-order valence-electron chi connectivity index (χ1n) is 2.00. The average Bonchev–Trinajstić information content (AvgIpc) is 1.30. The molecule has 0 nitrogen and oxygen atoms in total. The maximum absolute atomic E-state index is 4.10. The topological polar surface area (TPSA) is 0 Å². The van der Waals surface area contributed by atoms with Crippen LogP contribution in [0.4, 0.5) is 0 Å². The molecule has 0 rings (SSSR count). The Labute approximate surface area is 56.6 Å². The van der Waals surface area contributed by atoms with E-state index >= 15 is 0 Å². The molecule has 0 amide bonds. The summed E-state index contributed by atoms with van der Waals surface area (Å²) >= 11 is 4.10. The van der Waals surface area contributed by atoms with Crippen LogP contribution in [0.3, 0.4) is 0 Å². The highest BCUT2D eigenvalue weighted by molar-refractivity contribution is 8.94. The Morgan fingerprint density at radius 3 is 1.86 bits per heavy atom. The van der Waals surface area contributed by atoms with E-state index in [2.05, 4.69) is 31.4 Å². The first-order chi connectivity index (χ1) is 3.06. The highest BCUT2D eigenvalue weighted by Gasteiger charge is 1.99. The van der Waals surface area contributed by atoms with E-state index in [0.29, 0.717) is 0 Å². The van der Waals surface area contributed by atoms with Gasteiger partial charge in [-0.1, -0.05) is 0 Å². The fourth-order valence-electron chi connectivity index (χ4n) is 0.158. The van der Waals surface area contributed by atoms with E-state index in [1.165, 1.54) is 0 Å². The average molecular weight is 156 g/mol. The Kier molecular flexibility index (Phi) is 3.62. The van der Waals surface area contributed by atoms with Crippen molar-refractivity contribution >= 4 is 32.5 Å². The summed E-state index contributed by atoms with van der Waals surface area (Å²) in [6, 6.07) is 0. The summed E-state index contributed by atoms with van der Waals surface area (Å²) in [7, 11) is 1.60. The van der Waals surface area contributed by atoms with Crippen molar-refractivity contribution in [1.29, 1.82) is 0 Å². The quantitative estimate of drug-likeness (QED) is 0.363.